The molecule has 4 amide bonds. The highest BCUT2D eigenvalue weighted by molar-refractivity contribution is 6.05. The number of carbonyl (C=O) groups excluding carboxylic acids is 4. The number of piperidine rings is 1. The third kappa shape index (κ3) is 6.30. The van der Waals surface area contributed by atoms with Crippen LogP contribution in [0.3, 0.4) is 0 Å². The predicted octanol–water partition coefficient (Wildman–Crippen LogP) is 3.63. The van der Waals surface area contributed by atoms with Crippen LogP contribution >= 0.6 is 0 Å². The molecule has 0 aliphatic carbocycles. The normalized spacial score (nSPS) is 17.1. The lowest BCUT2D eigenvalue weighted by atomic mass is 9.89. The number of halogens is 2. The zero-order valence-corrected chi connectivity index (χ0v) is 22.7. The quantitative estimate of drug-likeness (QED) is 0.381. The second-order valence-corrected chi connectivity index (χ2v) is 10.2. The Morgan fingerprint density at radius 1 is 1.15 bits per heavy atom. The molecule has 9 nitrogen and oxygen atoms in total. The number of amides is 4. The minimum absolute atomic E-state index is 0.0151. The van der Waals surface area contributed by atoms with E-state index in [1.807, 2.05) is 32.0 Å². The summed E-state index contributed by atoms with van der Waals surface area (Å²) in [5.41, 5.74) is 2.99. The number of benzene rings is 2. The Kier molecular flexibility index (Phi) is 8.51. The number of hydrogen-bond donors (Lipinski definition) is 2. The van der Waals surface area contributed by atoms with Crippen molar-refractivity contribution in [2.45, 2.75) is 45.1 Å². The lowest BCUT2D eigenvalue weighted by molar-refractivity contribution is -0.134. The van der Waals surface area contributed by atoms with Crippen LogP contribution in [0.15, 0.2) is 42.5 Å². The molecule has 0 radical (unpaired) electrons. The molecule has 2 saturated heterocycles. The molecule has 1 atom stereocenters. The van der Waals surface area contributed by atoms with Gasteiger partial charge >= 0.3 is 6.09 Å². The van der Waals surface area contributed by atoms with E-state index in [1.165, 1.54) is 4.90 Å². The van der Waals surface area contributed by atoms with Crippen LogP contribution in [0.1, 0.15) is 41.9 Å². The number of anilines is 2. The molecule has 2 aromatic carbocycles. The highest BCUT2D eigenvalue weighted by atomic mass is 19.1. The van der Waals surface area contributed by atoms with Gasteiger partial charge in [0.25, 0.3) is 5.91 Å². The van der Waals surface area contributed by atoms with Crippen molar-refractivity contribution in [1.82, 2.24) is 10.6 Å². The van der Waals surface area contributed by atoms with Crippen molar-refractivity contribution in [3.05, 3.63) is 70.8 Å². The maximum absolute atomic E-state index is 14.8. The highest BCUT2D eigenvalue weighted by Crippen LogP contribution is 2.33. The van der Waals surface area contributed by atoms with Crippen molar-refractivity contribution in [1.29, 1.82) is 0 Å². The maximum atomic E-state index is 14.8. The number of nitrogens with one attached hydrogen (secondary N) is 2. The second-order valence-electron chi connectivity index (χ2n) is 10.2. The van der Waals surface area contributed by atoms with Gasteiger partial charge in [-0.3, -0.25) is 19.7 Å². The Morgan fingerprint density at radius 3 is 2.48 bits per heavy atom. The highest BCUT2D eigenvalue weighted by Gasteiger charge is 2.34. The average molecular weight is 555 g/mol. The van der Waals surface area contributed by atoms with Gasteiger partial charge in [0.1, 0.15) is 11.6 Å². The van der Waals surface area contributed by atoms with Gasteiger partial charge in [-0.1, -0.05) is 18.7 Å². The Labute approximate surface area is 231 Å². The first-order chi connectivity index (χ1) is 18.9. The summed E-state index contributed by atoms with van der Waals surface area (Å²) in [5.74, 6) is -4.23. The van der Waals surface area contributed by atoms with Gasteiger partial charge in [-0.05, 0) is 49.6 Å². The Balaban J connectivity index is 1.22. The lowest BCUT2D eigenvalue weighted by Crippen LogP contribution is -2.59. The molecule has 11 heteroatoms. The number of ether oxygens (including phenoxy) is 1. The van der Waals surface area contributed by atoms with Gasteiger partial charge in [0.05, 0.1) is 18.6 Å². The van der Waals surface area contributed by atoms with Crippen LogP contribution in [0.4, 0.5) is 25.0 Å². The molecule has 0 aromatic heterocycles. The monoisotopic (exact) mass is 554 g/mol. The van der Waals surface area contributed by atoms with E-state index in [9.17, 15) is 28.0 Å². The van der Waals surface area contributed by atoms with Crippen LogP contribution in [-0.2, 0) is 19.1 Å². The smallest absolute Gasteiger partial charge is 0.407 e. The summed E-state index contributed by atoms with van der Waals surface area (Å²) in [6, 6.07) is 7.82. The van der Waals surface area contributed by atoms with Gasteiger partial charge in [-0.25, -0.2) is 13.6 Å². The fourth-order valence-electron chi connectivity index (χ4n) is 4.85. The van der Waals surface area contributed by atoms with E-state index >= 15 is 0 Å². The first kappa shape index (κ1) is 28.7. The molecule has 4 rings (SSSR count). The number of nitrogens with zero attached hydrogens (tertiary/aromatic N) is 2. The summed E-state index contributed by atoms with van der Waals surface area (Å²) >= 11 is 0. The van der Waals surface area contributed by atoms with Crippen LogP contribution in [-0.4, -0.2) is 56.6 Å². The van der Waals surface area contributed by atoms with E-state index in [0.717, 1.165) is 28.9 Å². The van der Waals surface area contributed by atoms with Crippen molar-refractivity contribution >= 4 is 35.2 Å². The third-order valence-corrected chi connectivity index (χ3v) is 7.19. The average Bonchev–Trinajstić information content (AvgIpc) is 2.87. The minimum atomic E-state index is -1.06. The molecular formula is C29H32F2N4O5. The topological polar surface area (TPSA) is 108 Å². The van der Waals surface area contributed by atoms with E-state index in [0.29, 0.717) is 18.7 Å². The van der Waals surface area contributed by atoms with Crippen molar-refractivity contribution in [2.24, 2.45) is 0 Å². The summed E-state index contributed by atoms with van der Waals surface area (Å²) in [5, 5.41) is 4.79. The first-order valence-corrected chi connectivity index (χ1v) is 13.0. The summed E-state index contributed by atoms with van der Waals surface area (Å²) in [6.45, 7) is 8.26. The predicted molar refractivity (Wildman–Crippen MR) is 145 cm³/mol. The summed E-state index contributed by atoms with van der Waals surface area (Å²) in [4.78, 5) is 51.5. The molecule has 1 unspecified atom stereocenters. The van der Waals surface area contributed by atoms with Crippen LogP contribution in [0.2, 0.25) is 0 Å². The molecule has 2 heterocycles. The van der Waals surface area contributed by atoms with E-state index < -0.39 is 35.5 Å². The molecule has 2 aromatic rings. The Bertz CT molecular complexity index is 1350. The summed E-state index contributed by atoms with van der Waals surface area (Å²) in [6.07, 6.45) is -0.448. The largest absolute Gasteiger partial charge is 0.449 e. The molecule has 2 aliphatic rings. The van der Waals surface area contributed by atoms with Gasteiger partial charge in [-0.15, -0.1) is 0 Å². The number of carbonyl (C=O) groups is 4. The fourth-order valence-corrected chi connectivity index (χ4v) is 4.85. The van der Waals surface area contributed by atoms with Crippen LogP contribution in [0, 0.1) is 25.5 Å². The van der Waals surface area contributed by atoms with Gasteiger partial charge in [0.2, 0.25) is 11.8 Å². The lowest BCUT2D eigenvalue weighted by Gasteiger charge is -2.41. The van der Waals surface area contributed by atoms with E-state index in [1.54, 1.807) is 11.9 Å². The van der Waals surface area contributed by atoms with E-state index in [-0.39, 0.29) is 49.1 Å². The van der Waals surface area contributed by atoms with E-state index in [2.05, 4.69) is 17.2 Å². The minimum Gasteiger partial charge on any atom is -0.449 e. The third-order valence-electron chi connectivity index (χ3n) is 7.19. The fraction of sp³-hybridized carbons (Fsp3) is 0.379. The molecule has 2 N–H and O–H groups in total. The molecule has 0 spiro atoms. The first-order valence-electron chi connectivity index (χ1n) is 13.0. The van der Waals surface area contributed by atoms with Crippen molar-refractivity contribution in [2.75, 3.05) is 36.5 Å². The molecule has 0 bridgehead atoms. The van der Waals surface area contributed by atoms with Crippen molar-refractivity contribution in [3.63, 3.8) is 0 Å². The number of rotatable bonds is 8. The number of hydrogen-bond acceptors (Lipinski definition) is 6. The number of alkyl carbamates (subject to hydrolysis) is 1. The van der Waals surface area contributed by atoms with Crippen LogP contribution in [0.25, 0.3) is 0 Å². The van der Waals surface area contributed by atoms with Crippen LogP contribution < -0.4 is 20.4 Å². The molecule has 212 valence electrons. The number of aryl methyl sites for hydroxylation is 2. The summed E-state index contributed by atoms with van der Waals surface area (Å²) in [7, 11) is 1.67. The van der Waals surface area contributed by atoms with Crippen molar-refractivity contribution in [3.8, 4) is 0 Å². The number of likely N-dealkylation sites (N-methyl/N-ethyl adjacent to an activating group) is 1. The van der Waals surface area contributed by atoms with Gasteiger partial charge in [0, 0.05) is 55.5 Å². The molecular weight excluding hydrogens is 522 g/mol. The van der Waals surface area contributed by atoms with Gasteiger partial charge in [0.15, 0.2) is 0 Å². The summed E-state index contributed by atoms with van der Waals surface area (Å²) < 4.78 is 34.8. The van der Waals surface area contributed by atoms with Gasteiger partial charge in [-0.2, -0.15) is 0 Å². The second kappa shape index (κ2) is 11.8. The van der Waals surface area contributed by atoms with Gasteiger partial charge < -0.3 is 19.9 Å². The van der Waals surface area contributed by atoms with Crippen molar-refractivity contribution < 1.29 is 32.7 Å². The van der Waals surface area contributed by atoms with Crippen LogP contribution in [0.5, 0.6) is 0 Å². The molecule has 2 aliphatic heterocycles. The number of imide groups is 1. The Hall–Kier alpha value is -4.28. The molecule has 2 fully saturated rings. The molecule has 40 heavy (non-hydrogen) atoms. The zero-order chi connectivity index (χ0) is 29.1. The Morgan fingerprint density at radius 2 is 1.82 bits per heavy atom. The SMILES string of the molecule is C=C(CCOC(=O)NC1CN(c2cc(F)c(C3CCC(=O)NC3=O)c(F)c2)C1)C(=O)N(C)c1cc(C)ccc1C. The van der Waals surface area contributed by atoms with E-state index in [4.69, 9.17) is 4.74 Å². The maximum Gasteiger partial charge on any atom is 0.407 e. The zero-order valence-electron chi connectivity index (χ0n) is 22.7. The standard InChI is InChI=1S/C29H32F2N4O5/c1-16-5-6-17(2)24(11-16)34(4)28(38)18(3)9-10-40-29(39)32-19-14-35(15-19)20-12-22(30)26(23(31)13-20)21-7-8-25(36)33-27(21)37/h5-6,11-13,19,21H,3,7-10,14-15H2,1-2,4H3,(H,32,39)(H,33,36,37). The molecule has 0 saturated carbocycles.